The van der Waals surface area contributed by atoms with E-state index in [1.165, 1.54) is 5.56 Å². The van der Waals surface area contributed by atoms with Gasteiger partial charge in [0, 0.05) is 4.90 Å². The number of aryl methyl sites for hydroxylation is 2. The van der Waals surface area contributed by atoms with Gasteiger partial charge in [-0.05, 0) is 64.7 Å². The van der Waals surface area contributed by atoms with Gasteiger partial charge in [-0.15, -0.1) is 0 Å². The van der Waals surface area contributed by atoms with Gasteiger partial charge in [0.15, 0.2) is 0 Å². The molecule has 0 saturated heterocycles. The van der Waals surface area contributed by atoms with Gasteiger partial charge in [0.2, 0.25) is 0 Å². The van der Waals surface area contributed by atoms with Crippen LogP contribution in [-0.2, 0) is 11.1 Å². The molecule has 2 nitrogen and oxygen atoms in total. The van der Waals surface area contributed by atoms with E-state index < -0.39 is 11.1 Å². The minimum absolute atomic E-state index is 0. The number of hydrogen-bond donors (Lipinski definition) is 0. The van der Waals surface area contributed by atoms with E-state index in [9.17, 15) is 8.76 Å². The van der Waals surface area contributed by atoms with Gasteiger partial charge in [-0.25, -0.2) is 0 Å². The van der Waals surface area contributed by atoms with Crippen molar-refractivity contribution in [3.8, 4) is 11.1 Å². The van der Waals surface area contributed by atoms with Gasteiger partial charge < -0.3 is 4.55 Å². The van der Waals surface area contributed by atoms with Gasteiger partial charge in [-0.1, -0.05) is 32.0 Å². The zero-order valence-corrected chi connectivity index (χ0v) is 14.9. The van der Waals surface area contributed by atoms with E-state index in [0.717, 1.165) is 22.3 Å². The number of hydrogen-bond acceptors (Lipinski definition) is 2. The molecule has 0 bridgehead atoms. The summed E-state index contributed by atoms with van der Waals surface area (Å²) in [5, 5.41) is 0. The summed E-state index contributed by atoms with van der Waals surface area (Å²) in [6.45, 7) is 8.20. The first-order chi connectivity index (χ1) is 8.41. The van der Waals surface area contributed by atoms with Crippen molar-refractivity contribution in [1.29, 1.82) is 0 Å². The van der Waals surface area contributed by atoms with Crippen LogP contribution in [0.4, 0.5) is 0 Å². The normalized spacial score (nSPS) is 12.5. The standard InChI is InChI=1S/C15H18O2S.Na/c1-9(2)12-6-5-10(3)15-13(8-12)11(4)7-14(15)18(16)17;/h5-9H,1-4H3,(H,16,17);/q;+1/p-1. The summed E-state index contributed by atoms with van der Waals surface area (Å²) in [5.74, 6) is 0.426. The predicted octanol–water partition coefficient (Wildman–Crippen LogP) is 0.774. The molecule has 2 rings (SSSR count). The Balaban J connectivity index is 0.00000180. The molecule has 4 heteroatoms. The van der Waals surface area contributed by atoms with E-state index in [4.69, 9.17) is 0 Å². The quantitative estimate of drug-likeness (QED) is 0.604. The van der Waals surface area contributed by atoms with E-state index in [1.54, 1.807) is 6.07 Å². The van der Waals surface area contributed by atoms with Crippen LogP contribution in [0.3, 0.4) is 0 Å². The molecule has 0 aliphatic heterocycles. The van der Waals surface area contributed by atoms with Crippen molar-refractivity contribution in [2.45, 2.75) is 38.5 Å². The van der Waals surface area contributed by atoms with Gasteiger partial charge in [-0.3, -0.25) is 4.21 Å². The monoisotopic (exact) mass is 284 g/mol. The van der Waals surface area contributed by atoms with Crippen LogP contribution in [-0.4, -0.2) is 8.76 Å². The smallest absolute Gasteiger partial charge is 0.768 e. The molecule has 1 unspecified atom stereocenters. The average Bonchev–Trinajstić information content (AvgIpc) is 2.50. The zero-order chi connectivity index (χ0) is 13.4. The van der Waals surface area contributed by atoms with Crippen molar-refractivity contribution >= 4 is 11.1 Å². The van der Waals surface area contributed by atoms with E-state index in [-0.39, 0.29) is 29.6 Å². The topological polar surface area (TPSA) is 40.1 Å². The first kappa shape index (κ1) is 16.9. The molecule has 0 N–H and O–H groups in total. The third kappa shape index (κ3) is 3.29. The fraction of sp³-hybridized carbons (Fsp3) is 0.333. The molecule has 19 heavy (non-hydrogen) atoms. The van der Waals surface area contributed by atoms with Crippen molar-refractivity contribution < 1.29 is 38.3 Å². The van der Waals surface area contributed by atoms with E-state index in [0.29, 0.717) is 10.8 Å². The maximum absolute atomic E-state index is 11.3. The van der Waals surface area contributed by atoms with E-state index >= 15 is 0 Å². The molecule has 0 spiro atoms. The molecule has 0 aromatic rings. The van der Waals surface area contributed by atoms with Crippen LogP contribution in [0, 0.1) is 13.8 Å². The Bertz CT molecular complexity index is 593. The van der Waals surface area contributed by atoms with Crippen LogP contribution < -0.4 is 29.6 Å². The van der Waals surface area contributed by atoms with Crippen LogP contribution in [0.2, 0.25) is 0 Å². The minimum Gasteiger partial charge on any atom is -0.768 e. The van der Waals surface area contributed by atoms with Gasteiger partial charge >= 0.3 is 29.6 Å². The third-order valence-electron chi connectivity index (χ3n) is 3.37. The maximum Gasteiger partial charge on any atom is 1.00 e. The average molecular weight is 284 g/mol. The second-order valence-electron chi connectivity index (χ2n) is 5.03. The summed E-state index contributed by atoms with van der Waals surface area (Å²) >= 11 is -2.18. The molecule has 0 saturated carbocycles. The molecule has 0 amide bonds. The molecular weight excluding hydrogens is 267 g/mol. The van der Waals surface area contributed by atoms with Crippen LogP contribution in [0.5, 0.6) is 0 Å². The molecule has 0 heterocycles. The largest absolute Gasteiger partial charge is 1.00 e. The maximum atomic E-state index is 11.3. The van der Waals surface area contributed by atoms with E-state index in [2.05, 4.69) is 26.0 Å². The van der Waals surface area contributed by atoms with Gasteiger partial charge in [-0.2, -0.15) is 0 Å². The van der Waals surface area contributed by atoms with Crippen molar-refractivity contribution in [2.24, 2.45) is 0 Å². The van der Waals surface area contributed by atoms with E-state index in [1.807, 2.05) is 19.9 Å². The summed E-state index contributed by atoms with van der Waals surface area (Å²) in [6, 6.07) is 7.95. The van der Waals surface area contributed by atoms with Gasteiger partial charge in [0.1, 0.15) is 0 Å². The third-order valence-corrected chi connectivity index (χ3v) is 4.05. The summed E-state index contributed by atoms with van der Waals surface area (Å²) < 4.78 is 22.6. The second kappa shape index (κ2) is 6.51. The van der Waals surface area contributed by atoms with Crippen molar-refractivity contribution in [3.05, 3.63) is 41.0 Å². The second-order valence-corrected chi connectivity index (χ2v) is 5.94. The SMILES string of the molecule is Cc1cc(S(=O)[O-])c2c(C)ccc(C(C)C)cc1-2.[Na+]. The molecule has 0 aromatic heterocycles. The first-order valence-electron chi connectivity index (χ1n) is 6.05. The zero-order valence-electron chi connectivity index (χ0n) is 12.1. The van der Waals surface area contributed by atoms with Crippen LogP contribution in [0.1, 0.15) is 36.5 Å². The van der Waals surface area contributed by atoms with Crippen LogP contribution >= 0.6 is 0 Å². The Morgan fingerprint density at radius 1 is 1.11 bits per heavy atom. The molecule has 0 fully saturated rings. The Morgan fingerprint density at radius 2 is 1.74 bits per heavy atom. The summed E-state index contributed by atoms with van der Waals surface area (Å²) in [5.41, 5.74) is 5.15. The molecule has 2 aliphatic carbocycles. The Hall–Kier alpha value is -0.190. The number of rotatable bonds is 2. The Labute approximate surface area is 139 Å². The summed E-state index contributed by atoms with van der Waals surface area (Å²) in [6.07, 6.45) is 0. The summed E-state index contributed by atoms with van der Waals surface area (Å²) in [7, 11) is 0. The molecule has 0 aromatic carbocycles. The molecule has 2 aliphatic rings. The fourth-order valence-electron chi connectivity index (χ4n) is 2.28. The fourth-order valence-corrected chi connectivity index (χ4v) is 2.99. The first-order valence-corrected chi connectivity index (χ1v) is 7.12. The number of fused-ring (bicyclic) bond motifs is 1. The predicted molar refractivity (Wildman–Crippen MR) is 73.8 cm³/mol. The molecular formula is C15H17NaO2S. The van der Waals surface area contributed by atoms with Gasteiger partial charge in [0.05, 0.1) is 0 Å². The van der Waals surface area contributed by atoms with Crippen LogP contribution in [0.25, 0.3) is 11.1 Å². The molecule has 96 valence electrons. The van der Waals surface area contributed by atoms with Crippen molar-refractivity contribution in [2.75, 3.05) is 0 Å². The molecule has 1 atom stereocenters. The summed E-state index contributed by atoms with van der Waals surface area (Å²) in [4.78, 5) is 0.408. The van der Waals surface area contributed by atoms with Gasteiger partial charge in [0.25, 0.3) is 0 Å². The minimum atomic E-state index is -2.18. The Morgan fingerprint density at radius 3 is 2.26 bits per heavy atom. The Kier molecular flexibility index (Phi) is 5.78. The molecule has 0 radical (unpaired) electrons. The van der Waals surface area contributed by atoms with Crippen molar-refractivity contribution in [3.63, 3.8) is 0 Å². The van der Waals surface area contributed by atoms with Crippen LogP contribution in [0.15, 0.2) is 29.2 Å². The van der Waals surface area contributed by atoms with Crippen molar-refractivity contribution in [1.82, 2.24) is 0 Å².